The first-order valence-corrected chi connectivity index (χ1v) is 7.78. The number of halogens is 1. The van der Waals surface area contributed by atoms with E-state index in [9.17, 15) is 4.79 Å². The standard InChI is InChI=1S/C16H23ClN2O/c1-2-19(15-9-5-7-13(15)11-18)16(20)10-12-6-3-4-8-14(12)17/h3-4,6,8,13,15H,2,5,7,9-11,18H2,1H3. The highest BCUT2D eigenvalue weighted by atomic mass is 35.5. The number of amides is 1. The Morgan fingerprint density at radius 1 is 1.40 bits per heavy atom. The molecule has 110 valence electrons. The van der Waals surface area contributed by atoms with Crippen molar-refractivity contribution in [2.75, 3.05) is 13.1 Å². The molecular weight excluding hydrogens is 272 g/mol. The number of likely N-dealkylation sites (N-methyl/N-ethyl adjacent to an activating group) is 1. The Balaban J connectivity index is 2.08. The van der Waals surface area contributed by atoms with Crippen molar-refractivity contribution in [3.63, 3.8) is 0 Å². The summed E-state index contributed by atoms with van der Waals surface area (Å²) >= 11 is 6.14. The third kappa shape index (κ3) is 3.33. The van der Waals surface area contributed by atoms with Crippen molar-refractivity contribution in [2.45, 2.75) is 38.6 Å². The van der Waals surface area contributed by atoms with Crippen molar-refractivity contribution < 1.29 is 4.79 Å². The van der Waals surface area contributed by atoms with E-state index in [0.29, 0.717) is 29.9 Å². The van der Waals surface area contributed by atoms with Crippen molar-refractivity contribution >= 4 is 17.5 Å². The Morgan fingerprint density at radius 2 is 2.15 bits per heavy atom. The van der Waals surface area contributed by atoms with Gasteiger partial charge in [0.15, 0.2) is 0 Å². The summed E-state index contributed by atoms with van der Waals surface area (Å²) in [6.07, 6.45) is 3.75. The molecule has 3 nitrogen and oxygen atoms in total. The van der Waals surface area contributed by atoms with Gasteiger partial charge in [0, 0.05) is 17.6 Å². The van der Waals surface area contributed by atoms with Gasteiger partial charge in [-0.2, -0.15) is 0 Å². The molecule has 0 aromatic heterocycles. The molecule has 0 saturated heterocycles. The van der Waals surface area contributed by atoms with Crippen molar-refractivity contribution in [3.8, 4) is 0 Å². The maximum atomic E-state index is 12.6. The molecule has 2 rings (SSSR count). The second kappa shape index (κ2) is 7.09. The fourth-order valence-electron chi connectivity index (χ4n) is 3.20. The Kier molecular flexibility index (Phi) is 5.44. The maximum Gasteiger partial charge on any atom is 0.227 e. The molecule has 0 spiro atoms. The van der Waals surface area contributed by atoms with Crippen LogP contribution >= 0.6 is 11.6 Å². The molecule has 1 aliphatic rings. The van der Waals surface area contributed by atoms with Gasteiger partial charge in [0.1, 0.15) is 0 Å². The topological polar surface area (TPSA) is 46.3 Å². The number of nitrogens with two attached hydrogens (primary N) is 1. The minimum atomic E-state index is 0.158. The summed E-state index contributed by atoms with van der Waals surface area (Å²) in [7, 11) is 0. The van der Waals surface area contributed by atoms with E-state index in [-0.39, 0.29) is 5.91 Å². The van der Waals surface area contributed by atoms with Crippen LogP contribution in [0.3, 0.4) is 0 Å². The van der Waals surface area contributed by atoms with E-state index in [0.717, 1.165) is 24.9 Å². The van der Waals surface area contributed by atoms with Crippen LogP contribution in [0.2, 0.25) is 5.02 Å². The number of hydrogen-bond acceptors (Lipinski definition) is 2. The van der Waals surface area contributed by atoms with Crippen LogP contribution in [-0.2, 0) is 11.2 Å². The quantitative estimate of drug-likeness (QED) is 0.908. The molecule has 1 fully saturated rings. The minimum Gasteiger partial charge on any atom is -0.339 e. The van der Waals surface area contributed by atoms with Crippen LogP contribution in [-0.4, -0.2) is 29.9 Å². The highest BCUT2D eigenvalue weighted by Gasteiger charge is 2.32. The van der Waals surface area contributed by atoms with E-state index in [1.807, 2.05) is 36.1 Å². The summed E-state index contributed by atoms with van der Waals surface area (Å²) < 4.78 is 0. The van der Waals surface area contributed by atoms with Crippen LogP contribution in [0.5, 0.6) is 0 Å². The molecule has 2 N–H and O–H groups in total. The van der Waals surface area contributed by atoms with Crippen LogP contribution in [0.25, 0.3) is 0 Å². The molecule has 1 saturated carbocycles. The van der Waals surface area contributed by atoms with E-state index in [1.165, 1.54) is 6.42 Å². The van der Waals surface area contributed by atoms with Crippen LogP contribution in [0.1, 0.15) is 31.7 Å². The van der Waals surface area contributed by atoms with Gasteiger partial charge >= 0.3 is 0 Å². The average Bonchev–Trinajstić information content (AvgIpc) is 2.90. The zero-order chi connectivity index (χ0) is 14.5. The van der Waals surface area contributed by atoms with Crippen LogP contribution in [0.4, 0.5) is 0 Å². The first kappa shape index (κ1) is 15.3. The molecule has 1 aromatic rings. The molecule has 0 bridgehead atoms. The van der Waals surface area contributed by atoms with E-state index >= 15 is 0 Å². The van der Waals surface area contributed by atoms with E-state index in [1.54, 1.807) is 0 Å². The van der Waals surface area contributed by atoms with Crippen LogP contribution in [0, 0.1) is 5.92 Å². The highest BCUT2D eigenvalue weighted by molar-refractivity contribution is 6.31. The van der Waals surface area contributed by atoms with Crippen molar-refractivity contribution in [1.29, 1.82) is 0 Å². The summed E-state index contributed by atoms with van der Waals surface area (Å²) in [6.45, 7) is 3.45. The molecule has 4 heteroatoms. The average molecular weight is 295 g/mol. The number of carbonyl (C=O) groups is 1. The summed E-state index contributed by atoms with van der Waals surface area (Å²) in [5.74, 6) is 0.607. The third-order valence-electron chi connectivity index (χ3n) is 4.28. The summed E-state index contributed by atoms with van der Waals surface area (Å²) in [4.78, 5) is 14.6. The lowest BCUT2D eigenvalue weighted by Crippen LogP contribution is -2.44. The molecule has 1 aliphatic carbocycles. The number of benzene rings is 1. The van der Waals surface area contributed by atoms with Gasteiger partial charge in [0.05, 0.1) is 6.42 Å². The number of carbonyl (C=O) groups excluding carboxylic acids is 1. The third-order valence-corrected chi connectivity index (χ3v) is 4.65. The van der Waals surface area contributed by atoms with Gasteiger partial charge in [-0.1, -0.05) is 36.2 Å². The zero-order valence-electron chi connectivity index (χ0n) is 12.0. The second-order valence-corrected chi connectivity index (χ2v) is 5.85. The smallest absolute Gasteiger partial charge is 0.227 e. The summed E-state index contributed by atoms with van der Waals surface area (Å²) in [5, 5.41) is 0.665. The molecular formula is C16H23ClN2O. The first-order chi connectivity index (χ1) is 9.67. The normalized spacial score (nSPS) is 21.9. The number of rotatable bonds is 5. The molecule has 20 heavy (non-hydrogen) atoms. The minimum absolute atomic E-state index is 0.158. The van der Waals surface area contributed by atoms with Crippen LogP contribution in [0.15, 0.2) is 24.3 Å². The van der Waals surface area contributed by atoms with Gasteiger partial charge < -0.3 is 10.6 Å². The maximum absolute atomic E-state index is 12.6. The Hall–Kier alpha value is -1.06. The van der Waals surface area contributed by atoms with Gasteiger partial charge in [0.2, 0.25) is 5.91 Å². The Bertz CT molecular complexity index is 464. The van der Waals surface area contributed by atoms with Crippen molar-refractivity contribution in [2.24, 2.45) is 11.7 Å². The Morgan fingerprint density at radius 3 is 2.80 bits per heavy atom. The SMILES string of the molecule is CCN(C(=O)Cc1ccccc1Cl)C1CCCC1CN. The van der Waals surface area contributed by atoms with Gasteiger partial charge in [-0.05, 0) is 43.9 Å². The fraction of sp³-hybridized carbons (Fsp3) is 0.562. The Labute approximate surface area is 126 Å². The lowest BCUT2D eigenvalue weighted by atomic mass is 10.0. The van der Waals surface area contributed by atoms with Crippen molar-refractivity contribution in [3.05, 3.63) is 34.9 Å². The largest absolute Gasteiger partial charge is 0.339 e. The lowest BCUT2D eigenvalue weighted by Gasteiger charge is -2.32. The molecule has 0 radical (unpaired) electrons. The van der Waals surface area contributed by atoms with E-state index in [2.05, 4.69) is 0 Å². The van der Waals surface area contributed by atoms with Gasteiger partial charge in [-0.15, -0.1) is 0 Å². The monoisotopic (exact) mass is 294 g/mol. The second-order valence-electron chi connectivity index (χ2n) is 5.44. The first-order valence-electron chi connectivity index (χ1n) is 7.40. The zero-order valence-corrected chi connectivity index (χ0v) is 12.8. The van der Waals surface area contributed by atoms with Gasteiger partial charge in [-0.25, -0.2) is 0 Å². The number of nitrogens with zero attached hydrogens (tertiary/aromatic N) is 1. The molecule has 0 heterocycles. The molecule has 0 aliphatic heterocycles. The summed E-state index contributed by atoms with van der Waals surface area (Å²) in [6, 6.07) is 7.86. The molecule has 1 aromatic carbocycles. The van der Waals surface area contributed by atoms with E-state index in [4.69, 9.17) is 17.3 Å². The predicted octanol–water partition coefficient (Wildman–Crippen LogP) is 2.86. The predicted molar refractivity (Wildman–Crippen MR) is 82.7 cm³/mol. The highest BCUT2D eigenvalue weighted by Crippen LogP contribution is 2.30. The number of hydrogen-bond donors (Lipinski definition) is 1. The molecule has 2 atom stereocenters. The fourth-order valence-corrected chi connectivity index (χ4v) is 3.41. The van der Waals surface area contributed by atoms with E-state index < -0.39 is 0 Å². The van der Waals surface area contributed by atoms with Crippen LogP contribution < -0.4 is 5.73 Å². The van der Waals surface area contributed by atoms with Gasteiger partial charge in [-0.3, -0.25) is 4.79 Å². The molecule has 2 unspecified atom stereocenters. The summed E-state index contributed by atoms with van der Waals surface area (Å²) in [5.41, 5.74) is 6.74. The van der Waals surface area contributed by atoms with Crippen molar-refractivity contribution in [1.82, 2.24) is 4.90 Å². The lowest BCUT2D eigenvalue weighted by molar-refractivity contribution is -0.133. The molecule has 1 amide bonds. The van der Waals surface area contributed by atoms with Gasteiger partial charge in [0.25, 0.3) is 0 Å².